The summed E-state index contributed by atoms with van der Waals surface area (Å²) in [5.74, 6) is 0.776. The Bertz CT molecular complexity index is 408. The lowest BCUT2D eigenvalue weighted by Gasteiger charge is -2.22. The van der Waals surface area contributed by atoms with Crippen molar-refractivity contribution in [1.29, 1.82) is 5.26 Å². The standard InChI is InChI=1S/C14H19N3O/c15-11-12-5-3-8-14(17-12)16-9-4-7-13-6-1-2-10-18-13/h3,5,8,13H,1-2,4,6-7,9-10H2,(H,16,17)/t13-/m1/s1. The molecule has 0 amide bonds. The first-order valence-electron chi connectivity index (χ1n) is 6.61. The molecular weight excluding hydrogens is 226 g/mol. The third kappa shape index (κ3) is 4.01. The summed E-state index contributed by atoms with van der Waals surface area (Å²) in [5.41, 5.74) is 0.454. The lowest BCUT2D eigenvalue weighted by molar-refractivity contribution is 0.0107. The van der Waals surface area contributed by atoms with E-state index in [0.717, 1.165) is 31.8 Å². The number of hydrogen-bond acceptors (Lipinski definition) is 4. The summed E-state index contributed by atoms with van der Waals surface area (Å²) >= 11 is 0. The maximum absolute atomic E-state index is 8.75. The number of nitrogens with zero attached hydrogens (tertiary/aromatic N) is 2. The van der Waals surface area contributed by atoms with Crippen LogP contribution in [0.3, 0.4) is 0 Å². The quantitative estimate of drug-likeness (QED) is 0.810. The number of aromatic nitrogens is 1. The van der Waals surface area contributed by atoms with E-state index in [9.17, 15) is 0 Å². The molecule has 18 heavy (non-hydrogen) atoms. The molecule has 0 spiro atoms. The molecule has 96 valence electrons. The van der Waals surface area contributed by atoms with Crippen molar-refractivity contribution in [1.82, 2.24) is 4.98 Å². The molecule has 1 saturated heterocycles. The van der Waals surface area contributed by atoms with E-state index in [0.29, 0.717) is 11.8 Å². The Morgan fingerprint density at radius 1 is 1.44 bits per heavy atom. The van der Waals surface area contributed by atoms with Gasteiger partial charge < -0.3 is 10.1 Å². The van der Waals surface area contributed by atoms with Gasteiger partial charge in [-0.05, 0) is 44.2 Å². The molecule has 0 aliphatic carbocycles. The average Bonchev–Trinajstić information content (AvgIpc) is 2.45. The molecule has 1 aromatic rings. The van der Waals surface area contributed by atoms with Crippen LogP contribution >= 0.6 is 0 Å². The smallest absolute Gasteiger partial charge is 0.142 e. The van der Waals surface area contributed by atoms with Crippen LogP contribution in [0.5, 0.6) is 0 Å². The highest BCUT2D eigenvalue weighted by Crippen LogP contribution is 2.16. The van der Waals surface area contributed by atoms with E-state index in [2.05, 4.69) is 10.3 Å². The largest absolute Gasteiger partial charge is 0.378 e. The van der Waals surface area contributed by atoms with Gasteiger partial charge in [-0.1, -0.05) is 6.07 Å². The normalized spacial score (nSPS) is 19.2. The van der Waals surface area contributed by atoms with Gasteiger partial charge in [0.25, 0.3) is 0 Å². The van der Waals surface area contributed by atoms with E-state index >= 15 is 0 Å². The van der Waals surface area contributed by atoms with Crippen molar-refractivity contribution in [2.24, 2.45) is 0 Å². The van der Waals surface area contributed by atoms with E-state index in [1.165, 1.54) is 19.3 Å². The summed E-state index contributed by atoms with van der Waals surface area (Å²) in [7, 11) is 0. The van der Waals surface area contributed by atoms with Gasteiger partial charge in [0.1, 0.15) is 17.6 Å². The zero-order valence-corrected chi connectivity index (χ0v) is 10.6. The Kier molecular flexibility index (Phi) is 4.98. The van der Waals surface area contributed by atoms with E-state index < -0.39 is 0 Å². The molecule has 2 rings (SSSR count). The van der Waals surface area contributed by atoms with Crippen LogP contribution in [0.15, 0.2) is 18.2 Å². The Labute approximate surface area is 108 Å². The van der Waals surface area contributed by atoms with Crippen molar-refractivity contribution in [3.63, 3.8) is 0 Å². The summed E-state index contributed by atoms with van der Waals surface area (Å²) < 4.78 is 5.68. The molecule has 0 unspecified atom stereocenters. The highest BCUT2D eigenvalue weighted by molar-refractivity contribution is 5.38. The lowest BCUT2D eigenvalue weighted by atomic mass is 10.0. The Hall–Kier alpha value is -1.60. The second-order valence-electron chi connectivity index (χ2n) is 4.58. The van der Waals surface area contributed by atoms with Crippen LogP contribution in [-0.4, -0.2) is 24.2 Å². The third-order valence-electron chi connectivity index (χ3n) is 3.15. The first-order valence-corrected chi connectivity index (χ1v) is 6.61. The van der Waals surface area contributed by atoms with Crippen LogP contribution < -0.4 is 5.32 Å². The lowest BCUT2D eigenvalue weighted by Crippen LogP contribution is -2.19. The van der Waals surface area contributed by atoms with Gasteiger partial charge in [0.2, 0.25) is 0 Å². The van der Waals surface area contributed by atoms with Crippen LogP contribution in [0.4, 0.5) is 5.82 Å². The number of hydrogen-bond donors (Lipinski definition) is 1. The highest BCUT2D eigenvalue weighted by atomic mass is 16.5. The summed E-state index contributed by atoms with van der Waals surface area (Å²) in [6.45, 7) is 1.80. The minimum absolute atomic E-state index is 0.443. The SMILES string of the molecule is N#Cc1cccc(NCCC[C@H]2CCCCO2)n1. The van der Waals surface area contributed by atoms with Crippen molar-refractivity contribution in [2.75, 3.05) is 18.5 Å². The first kappa shape index (κ1) is 12.8. The van der Waals surface area contributed by atoms with Crippen molar-refractivity contribution in [3.05, 3.63) is 23.9 Å². The van der Waals surface area contributed by atoms with Crippen molar-refractivity contribution < 1.29 is 4.74 Å². The summed E-state index contributed by atoms with van der Waals surface area (Å²) in [4.78, 5) is 4.17. The molecule has 4 heteroatoms. The number of anilines is 1. The molecule has 0 radical (unpaired) electrons. The molecule has 1 fully saturated rings. The number of pyridine rings is 1. The zero-order chi connectivity index (χ0) is 12.6. The van der Waals surface area contributed by atoms with Crippen LogP contribution in [0.2, 0.25) is 0 Å². The third-order valence-corrected chi connectivity index (χ3v) is 3.15. The van der Waals surface area contributed by atoms with Gasteiger partial charge in [-0.2, -0.15) is 5.26 Å². The fourth-order valence-electron chi connectivity index (χ4n) is 2.18. The van der Waals surface area contributed by atoms with Gasteiger partial charge in [-0.25, -0.2) is 4.98 Å². The second kappa shape index (κ2) is 6.97. The fraction of sp³-hybridized carbons (Fsp3) is 0.571. The van der Waals surface area contributed by atoms with E-state index in [1.807, 2.05) is 18.2 Å². The molecule has 2 heterocycles. The number of ether oxygens (including phenoxy) is 1. The predicted molar refractivity (Wildman–Crippen MR) is 70.3 cm³/mol. The van der Waals surface area contributed by atoms with Crippen molar-refractivity contribution in [3.8, 4) is 6.07 Å². The average molecular weight is 245 g/mol. The van der Waals surface area contributed by atoms with E-state index in [-0.39, 0.29) is 0 Å². The molecule has 1 aliphatic rings. The zero-order valence-electron chi connectivity index (χ0n) is 10.6. The molecular formula is C14H19N3O. The van der Waals surface area contributed by atoms with Crippen LogP contribution in [0, 0.1) is 11.3 Å². The maximum Gasteiger partial charge on any atom is 0.142 e. The van der Waals surface area contributed by atoms with Gasteiger partial charge in [0.05, 0.1) is 6.10 Å². The molecule has 1 atom stereocenters. The van der Waals surface area contributed by atoms with Gasteiger partial charge in [-0.3, -0.25) is 0 Å². The van der Waals surface area contributed by atoms with Crippen LogP contribution in [0.25, 0.3) is 0 Å². The first-order chi connectivity index (χ1) is 8.88. The number of rotatable bonds is 5. The predicted octanol–water partition coefficient (Wildman–Crippen LogP) is 2.71. The van der Waals surface area contributed by atoms with Gasteiger partial charge in [-0.15, -0.1) is 0 Å². The number of nitrogens with one attached hydrogen (secondary N) is 1. The minimum atomic E-state index is 0.443. The summed E-state index contributed by atoms with van der Waals surface area (Å²) in [6, 6.07) is 7.48. The van der Waals surface area contributed by atoms with Gasteiger partial charge in [0.15, 0.2) is 0 Å². The fourth-order valence-corrected chi connectivity index (χ4v) is 2.18. The van der Waals surface area contributed by atoms with E-state index in [4.69, 9.17) is 10.00 Å². The number of nitriles is 1. The maximum atomic E-state index is 8.75. The molecule has 0 bridgehead atoms. The second-order valence-corrected chi connectivity index (χ2v) is 4.58. The Balaban J connectivity index is 1.67. The Morgan fingerprint density at radius 3 is 3.17 bits per heavy atom. The Morgan fingerprint density at radius 2 is 2.39 bits per heavy atom. The molecule has 1 aliphatic heterocycles. The monoisotopic (exact) mass is 245 g/mol. The molecule has 1 N–H and O–H groups in total. The van der Waals surface area contributed by atoms with Crippen LogP contribution in [-0.2, 0) is 4.74 Å². The van der Waals surface area contributed by atoms with E-state index in [1.54, 1.807) is 6.07 Å². The van der Waals surface area contributed by atoms with Gasteiger partial charge in [0, 0.05) is 13.2 Å². The minimum Gasteiger partial charge on any atom is -0.378 e. The molecule has 0 saturated carbocycles. The van der Waals surface area contributed by atoms with Gasteiger partial charge >= 0.3 is 0 Å². The summed E-state index contributed by atoms with van der Waals surface area (Å²) in [5, 5.41) is 12.0. The van der Waals surface area contributed by atoms with Crippen molar-refractivity contribution in [2.45, 2.75) is 38.2 Å². The van der Waals surface area contributed by atoms with Crippen LogP contribution in [0.1, 0.15) is 37.8 Å². The van der Waals surface area contributed by atoms with Crippen molar-refractivity contribution >= 4 is 5.82 Å². The topological polar surface area (TPSA) is 57.9 Å². The highest BCUT2D eigenvalue weighted by Gasteiger charge is 2.12. The molecule has 0 aromatic carbocycles. The molecule has 4 nitrogen and oxygen atoms in total. The summed E-state index contributed by atoms with van der Waals surface area (Å²) in [6.07, 6.45) is 6.32. The molecule has 1 aromatic heterocycles.